The van der Waals surface area contributed by atoms with Gasteiger partial charge in [-0.15, -0.1) is 0 Å². The highest BCUT2D eigenvalue weighted by Gasteiger charge is 2.33. The van der Waals surface area contributed by atoms with Gasteiger partial charge in [0.2, 0.25) is 5.95 Å². The summed E-state index contributed by atoms with van der Waals surface area (Å²) >= 11 is 9.64. The maximum absolute atomic E-state index is 13.5. The lowest BCUT2D eigenvalue weighted by atomic mass is 9.95. The highest BCUT2D eigenvalue weighted by atomic mass is 79.9. The van der Waals surface area contributed by atoms with Crippen LogP contribution in [0.4, 0.5) is 11.6 Å². The molecule has 8 nitrogen and oxygen atoms in total. The van der Waals surface area contributed by atoms with Gasteiger partial charge in [0, 0.05) is 22.3 Å². The summed E-state index contributed by atoms with van der Waals surface area (Å²) < 4.78 is 13.3. The van der Waals surface area contributed by atoms with Gasteiger partial charge in [-0.1, -0.05) is 39.7 Å². The van der Waals surface area contributed by atoms with Crippen LogP contribution < -0.4 is 20.1 Å². The van der Waals surface area contributed by atoms with Gasteiger partial charge in [0.25, 0.3) is 5.91 Å². The number of allylic oxidation sites excluding steroid dienone is 1. The van der Waals surface area contributed by atoms with E-state index in [2.05, 4.69) is 36.6 Å². The first-order chi connectivity index (χ1) is 14.9. The van der Waals surface area contributed by atoms with Crippen molar-refractivity contribution in [2.75, 3.05) is 24.9 Å². The first kappa shape index (κ1) is 21.2. The summed E-state index contributed by atoms with van der Waals surface area (Å²) in [5.41, 5.74) is 2.50. The van der Waals surface area contributed by atoms with E-state index in [1.165, 1.54) is 20.5 Å². The average molecular weight is 505 g/mol. The molecule has 0 saturated carbocycles. The summed E-state index contributed by atoms with van der Waals surface area (Å²) in [6.07, 6.45) is 1.45. The van der Waals surface area contributed by atoms with Crippen LogP contribution in [0.5, 0.6) is 11.5 Å². The topological polar surface area (TPSA) is 90.3 Å². The standard InChI is InChI=1S/C21H19BrClN5O3/c1-11-18(20(29)27-15-9-16(30-2)14(23)8-17(15)31-3)19(12-4-6-13(22)7-5-12)28-21(26-11)24-10-25-28/h4-10,19H,1-3H3,(H,27,29)(H,24,25,26). The Morgan fingerprint density at radius 1 is 1.19 bits per heavy atom. The monoisotopic (exact) mass is 503 g/mol. The zero-order valence-corrected chi connectivity index (χ0v) is 19.3. The molecule has 1 aliphatic heterocycles. The van der Waals surface area contributed by atoms with Gasteiger partial charge in [-0.2, -0.15) is 10.1 Å². The minimum atomic E-state index is -0.466. The van der Waals surface area contributed by atoms with Crippen molar-refractivity contribution in [3.63, 3.8) is 0 Å². The van der Waals surface area contributed by atoms with Crippen molar-refractivity contribution < 1.29 is 14.3 Å². The summed E-state index contributed by atoms with van der Waals surface area (Å²) in [6, 6.07) is 10.5. The molecular weight excluding hydrogens is 486 g/mol. The lowest BCUT2D eigenvalue weighted by molar-refractivity contribution is -0.113. The Hall–Kier alpha value is -3.04. The van der Waals surface area contributed by atoms with Crippen LogP contribution >= 0.6 is 27.5 Å². The Kier molecular flexibility index (Phi) is 5.88. The van der Waals surface area contributed by atoms with Crippen LogP contribution in [-0.4, -0.2) is 34.9 Å². The second-order valence-corrected chi connectivity index (χ2v) is 8.11. The second kappa shape index (κ2) is 8.60. The molecule has 0 bridgehead atoms. The molecular formula is C21H19BrClN5O3. The molecule has 2 heterocycles. The molecule has 1 atom stereocenters. The van der Waals surface area contributed by atoms with Crippen LogP contribution in [-0.2, 0) is 4.79 Å². The second-order valence-electron chi connectivity index (χ2n) is 6.79. The Morgan fingerprint density at radius 2 is 1.90 bits per heavy atom. The fraction of sp³-hybridized carbons (Fsp3) is 0.190. The fourth-order valence-corrected chi connectivity index (χ4v) is 3.98. The van der Waals surface area contributed by atoms with E-state index in [4.69, 9.17) is 21.1 Å². The smallest absolute Gasteiger partial charge is 0.255 e. The summed E-state index contributed by atoms with van der Waals surface area (Å²) in [6.45, 7) is 1.83. The van der Waals surface area contributed by atoms with E-state index in [9.17, 15) is 4.79 Å². The maximum Gasteiger partial charge on any atom is 0.255 e. The van der Waals surface area contributed by atoms with E-state index in [0.29, 0.717) is 39.4 Å². The highest BCUT2D eigenvalue weighted by molar-refractivity contribution is 9.10. The highest BCUT2D eigenvalue weighted by Crippen LogP contribution is 2.39. The van der Waals surface area contributed by atoms with Crippen LogP contribution in [0.3, 0.4) is 0 Å². The number of carbonyl (C=O) groups is 1. The molecule has 1 aromatic heterocycles. The Balaban J connectivity index is 1.76. The van der Waals surface area contributed by atoms with Crippen molar-refractivity contribution in [3.8, 4) is 11.5 Å². The van der Waals surface area contributed by atoms with Gasteiger partial charge < -0.3 is 20.1 Å². The van der Waals surface area contributed by atoms with Crippen LogP contribution in [0, 0.1) is 0 Å². The number of anilines is 2. The number of aromatic nitrogens is 3. The number of carbonyl (C=O) groups excluding carboxylic acids is 1. The summed E-state index contributed by atoms with van der Waals surface area (Å²) in [5.74, 6) is 1.09. The van der Waals surface area contributed by atoms with Gasteiger partial charge in [-0.05, 0) is 24.6 Å². The van der Waals surface area contributed by atoms with Crippen molar-refractivity contribution in [2.45, 2.75) is 13.0 Å². The number of hydrogen-bond donors (Lipinski definition) is 2. The van der Waals surface area contributed by atoms with Gasteiger partial charge in [0.05, 0.1) is 30.5 Å². The average Bonchev–Trinajstić information content (AvgIpc) is 3.22. The molecule has 3 aromatic rings. The first-order valence-corrected chi connectivity index (χ1v) is 10.5. The van der Waals surface area contributed by atoms with Gasteiger partial charge in [-0.3, -0.25) is 4.79 Å². The third-order valence-electron chi connectivity index (χ3n) is 4.95. The lowest BCUT2D eigenvalue weighted by Crippen LogP contribution is -2.31. The predicted octanol–water partition coefficient (Wildman–Crippen LogP) is 4.64. The molecule has 1 amide bonds. The number of methoxy groups -OCH3 is 2. The number of halogens is 2. The minimum Gasteiger partial charge on any atom is -0.495 e. The lowest BCUT2D eigenvalue weighted by Gasteiger charge is -2.29. The number of nitrogens with zero attached hydrogens (tertiary/aromatic N) is 3. The predicted molar refractivity (Wildman–Crippen MR) is 122 cm³/mol. The molecule has 0 radical (unpaired) electrons. The number of amides is 1. The zero-order valence-electron chi connectivity index (χ0n) is 16.9. The van der Waals surface area contributed by atoms with E-state index in [1.54, 1.807) is 16.8 Å². The third kappa shape index (κ3) is 3.98. The minimum absolute atomic E-state index is 0.318. The third-order valence-corrected chi connectivity index (χ3v) is 5.77. The molecule has 31 heavy (non-hydrogen) atoms. The zero-order chi connectivity index (χ0) is 22.1. The first-order valence-electron chi connectivity index (χ1n) is 9.28. The molecule has 0 spiro atoms. The van der Waals surface area contributed by atoms with Gasteiger partial charge in [0.1, 0.15) is 23.9 Å². The molecule has 0 fully saturated rings. The van der Waals surface area contributed by atoms with Crippen molar-refractivity contribution >= 4 is 45.1 Å². The molecule has 1 aliphatic rings. The van der Waals surface area contributed by atoms with E-state index in [0.717, 1.165) is 10.0 Å². The van der Waals surface area contributed by atoms with Crippen molar-refractivity contribution in [2.24, 2.45) is 0 Å². The number of rotatable bonds is 5. The van der Waals surface area contributed by atoms with E-state index in [1.807, 2.05) is 31.2 Å². The summed E-state index contributed by atoms with van der Waals surface area (Å²) in [5, 5.41) is 10.8. The quantitative estimate of drug-likeness (QED) is 0.526. The number of benzene rings is 2. The van der Waals surface area contributed by atoms with Crippen molar-refractivity contribution in [3.05, 3.63) is 69.1 Å². The number of fused-ring (bicyclic) bond motifs is 1. The van der Waals surface area contributed by atoms with Crippen molar-refractivity contribution in [1.29, 1.82) is 0 Å². The molecule has 1 unspecified atom stereocenters. The SMILES string of the molecule is COc1cc(NC(=O)C2=C(C)Nc3ncnn3C2c2ccc(Br)cc2)c(OC)cc1Cl. The Bertz CT molecular complexity index is 1180. The maximum atomic E-state index is 13.5. The van der Waals surface area contributed by atoms with Gasteiger partial charge in [-0.25, -0.2) is 4.68 Å². The number of nitrogens with one attached hydrogen (secondary N) is 2. The number of ether oxygens (including phenoxy) is 2. The van der Waals surface area contributed by atoms with Crippen LogP contribution in [0.25, 0.3) is 0 Å². The van der Waals surface area contributed by atoms with Gasteiger partial charge >= 0.3 is 0 Å². The molecule has 0 aliphatic carbocycles. The van der Waals surface area contributed by atoms with Crippen LogP contribution in [0.2, 0.25) is 5.02 Å². The van der Waals surface area contributed by atoms with E-state index < -0.39 is 6.04 Å². The molecule has 160 valence electrons. The molecule has 10 heteroatoms. The fourth-order valence-electron chi connectivity index (χ4n) is 3.49. The summed E-state index contributed by atoms with van der Waals surface area (Å²) in [4.78, 5) is 17.8. The van der Waals surface area contributed by atoms with Crippen LogP contribution in [0.1, 0.15) is 18.5 Å². The Labute approximate surface area is 192 Å². The van der Waals surface area contributed by atoms with E-state index in [-0.39, 0.29) is 5.91 Å². The largest absolute Gasteiger partial charge is 0.495 e. The molecule has 0 saturated heterocycles. The molecule has 2 aromatic carbocycles. The molecule has 2 N–H and O–H groups in total. The summed E-state index contributed by atoms with van der Waals surface area (Å²) in [7, 11) is 3.01. The van der Waals surface area contributed by atoms with E-state index >= 15 is 0 Å². The number of hydrogen-bond acceptors (Lipinski definition) is 6. The van der Waals surface area contributed by atoms with Crippen LogP contribution in [0.15, 0.2) is 58.5 Å². The van der Waals surface area contributed by atoms with Gasteiger partial charge in [0.15, 0.2) is 0 Å². The molecule has 4 rings (SSSR count). The normalized spacial score (nSPS) is 15.2. The van der Waals surface area contributed by atoms with Crippen molar-refractivity contribution in [1.82, 2.24) is 14.8 Å². The Morgan fingerprint density at radius 3 is 2.58 bits per heavy atom.